The fourth-order valence-electron chi connectivity index (χ4n) is 7.40. The molecule has 40 heavy (non-hydrogen) atoms. The summed E-state index contributed by atoms with van der Waals surface area (Å²) >= 11 is 0. The van der Waals surface area contributed by atoms with E-state index in [2.05, 4.69) is 51.5 Å². The number of anilines is 1. The molecule has 3 aromatic rings. The smallest absolute Gasteiger partial charge is 0.320 e. The van der Waals surface area contributed by atoms with Crippen molar-refractivity contribution in [1.29, 1.82) is 5.26 Å². The van der Waals surface area contributed by atoms with Crippen LogP contribution < -0.4 is 15.0 Å². The minimum atomic E-state index is -0.814. The number of hydrogen-bond acceptors (Lipinski definition) is 8. The molecule has 3 atom stereocenters. The van der Waals surface area contributed by atoms with Gasteiger partial charge in [-0.15, -0.1) is 0 Å². The van der Waals surface area contributed by atoms with Gasteiger partial charge in [0.05, 0.1) is 35.2 Å². The number of nitriles is 1. The van der Waals surface area contributed by atoms with E-state index < -0.39 is 6.17 Å². The maximum atomic E-state index is 14.4. The molecule has 1 unspecified atom stereocenters. The van der Waals surface area contributed by atoms with Crippen molar-refractivity contribution in [2.45, 2.75) is 69.1 Å². The maximum absolute atomic E-state index is 14.4. The number of benzene rings is 1. The minimum absolute atomic E-state index is 0.00318. The van der Waals surface area contributed by atoms with Crippen LogP contribution in [0.3, 0.4) is 0 Å². The molecule has 208 valence electrons. The fourth-order valence-corrected chi connectivity index (χ4v) is 7.40. The van der Waals surface area contributed by atoms with Gasteiger partial charge in [-0.1, -0.05) is 18.2 Å². The van der Waals surface area contributed by atoms with Crippen molar-refractivity contribution in [2.75, 3.05) is 44.2 Å². The lowest BCUT2D eigenvalue weighted by molar-refractivity contribution is 0.107. The second-order valence-electron chi connectivity index (χ2n) is 11.8. The van der Waals surface area contributed by atoms with Crippen LogP contribution in [0.25, 0.3) is 22.3 Å². The zero-order chi connectivity index (χ0) is 27.1. The van der Waals surface area contributed by atoms with Gasteiger partial charge in [0, 0.05) is 38.2 Å². The van der Waals surface area contributed by atoms with Crippen molar-refractivity contribution >= 4 is 16.9 Å². The van der Waals surface area contributed by atoms with E-state index in [4.69, 9.17) is 19.7 Å². The number of fused-ring (bicyclic) bond motifs is 3. The Labute approximate surface area is 234 Å². The first-order chi connectivity index (χ1) is 19.6. The van der Waals surface area contributed by atoms with E-state index in [9.17, 15) is 9.65 Å². The third kappa shape index (κ3) is 4.57. The maximum Gasteiger partial charge on any atom is 0.320 e. The molecule has 0 saturated carbocycles. The SMILES string of the molecule is N#CCC1CNCCN1c1nc(OC[C@@]23CCCN2C[C@H](F)C3)nc2nc(-c3cccc4c3CCCC4)ccc12. The van der Waals surface area contributed by atoms with E-state index in [1.807, 2.05) is 0 Å². The van der Waals surface area contributed by atoms with E-state index in [0.29, 0.717) is 38.2 Å². The zero-order valence-electron chi connectivity index (χ0n) is 22.9. The molecule has 1 aliphatic carbocycles. The van der Waals surface area contributed by atoms with Gasteiger partial charge in [0.1, 0.15) is 18.6 Å². The standard InChI is InChI=1S/C31H36FN7O/c32-22-17-31(12-4-15-38(31)19-22)20-40-30-36-28-26(29(37-30)39-16-14-34-18-23(39)11-13-33)9-10-27(35-28)25-8-3-6-21-5-1-2-7-24(21)25/h3,6,8-10,22-23,34H,1-2,4-5,7,11-12,14-20H2/t22-,23?,31+/m1/s1. The predicted octanol–water partition coefficient (Wildman–Crippen LogP) is 4.22. The van der Waals surface area contributed by atoms with Crippen LogP contribution in [0.2, 0.25) is 0 Å². The second kappa shape index (κ2) is 10.6. The van der Waals surface area contributed by atoms with Gasteiger partial charge >= 0.3 is 6.01 Å². The lowest BCUT2D eigenvalue weighted by Gasteiger charge is -2.36. The summed E-state index contributed by atoms with van der Waals surface area (Å²) in [6.07, 6.45) is 6.68. The zero-order valence-corrected chi connectivity index (χ0v) is 22.9. The topological polar surface area (TPSA) is 90.2 Å². The normalized spacial score (nSPS) is 26.4. The van der Waals surface area contributed by atoms with Gasteiger partial charge in [0.15, 0.2) is 5.65 Å². The number of aryl methyl sites for hydroxylation is 1. The molecule has 7 rings (SSSR count). The van der Waals surface area contributed by atoms with Crippen LogP contribution >= 0.6 is 0 Å². The lowest BCUT2D eigenvalue weighted by Crippen LogP contribution is -2.51. The molecule has 2 aromatic heterocycles. The summed E-state index contributed by atoms with van der Waals surface area (Å²) in [4.78, 5) is 19.3. The number of ether oxygens (including phenoxy) is 1. The molecule has 3 saturated heterocycles. The van der Waals surface area contributed by atoms with Gasteiger partial charge in [0.25, 0.3) is 0 Å². The van der Waals surface area contributed by atoms with Gasteiger partial charge < -0.3 is 15.0 Å². The van der Waals surface area contributed by atoms with Crippen molar-refractivity contribution in [1.82, 2.24) is 25.2 Å². The van der Waals surface area contributed by atoms with Gasteiger partial charge in [-0.05, 0) is 68.3 Å². The lowest BCUT2D eigenvalue weighted by atomic mass is 9.87. The van der Waals surface area contributed by atoms with Gasteiger partial charge in [0.2, 0.25) is 0 Å². The molecular formula is C31H36FN7O. The Kier molecular flexibility index (Phi) is 6.76. The molecule has 3 fully saturated rings. The molecule has 3 aliphatic heterocycles. The Morgan fingerprint density at radius 3 is 2.95 bits per heavy atom. The molecule has 1 N–H and O–H groups in total. The van der Waals surface area contributed by atoms with Crippen molar-refractivity contribution in [3.05, 3.63) is 41.5 Å². The Balaban J connectivity index is 1.29. The van der Waals surface area contributed by atoms with Crippen molar-refractivity contribution in [3.63, 3.8) is 0 Å². The number of alkyl halides is 1. The molecule has 5 heterocycles. The van der Waals surface area contributed by atoms with E-state index in [1.54, 1.807) is 0 Å². The molecular weight excluding hydrogens is 505 g/mol. The molecule has 8 nitrogen and oxygen atoms in total. The highest BCUT2D eigenvalue weighted by molar-refractivity contribution is 5.89. The van der Waals surface area contributed by atoms with Crippen molar-refractivity contribution < 1.29 is 9.13 Å². The third-order valence-corrected chi connectivity index (χ3v) is 9.37. The minimum Gasteiger partial charge on any atom is -0.461 e. The second-order valence-corrected chi connectivity index (χ2v) is 11.8. The number of hydrogen-bond donors (Lipinski definition) is 1. The monoisotopic (exact) mass is 541 g/mol. The summed E-state index contributed by atoms with van der Waals surface area (Å²) in [5, 5.41) is 13.8. The van der Waals surface area contributed by atoms with Crippen LogP contribution in [0, 0.1) is 11.3 Å². The van der Waals surface area contributed by atoms with Gasteiger partial charge in [-0.2, -0.15) is 15.2 Å². The van der Waals surface area contributed by atoms with E-state index in [0.717, 1.165) is 62.2 Å². The summed E-state index contributed by atoms with van der Waals surface area (Å²) < 4.78 is 20.7. The summed E-state index contributed by atoms with van der Waals surface area (Å²) in [5.41, 5.74) is 5.20. The highest BCUT2D eigenvalue weighted by Crippen LogP contribution is 2.41. The van der Waals surface area contributed by atoms with Crippen molar-refractivity contribution in [2.24, 2.45) is 0 Å². The number of pyridine rings is 1. The highest BCUT2D eigenvalue weighted by Gasteiger charge is 2.49. The molecule has 0 bridgehead atoms. The first kappa shape index (κ1) is 25.6. The molecule has 1 aromatic carbocycles. The summed E-state index contributed by atoms with van der Waals surface area (Å²) in [6.45, 7) is 4.02. The first-order valence-corrected chi connectivity index (χ1v) is 14.8. The molecule has 0 spiro atoms. The van der Waals surface area contributed by atoms with Crippen molar-refractivity contribution in [3.8, 4) is 23.3 Å². The first-order valence-electron chi connectivity index (χ1n) is 14.8. The highest BCUT2D eigenvalue weighted by atomic mass is 19.1. The number of piperazine rings is 1. The van der Waals surface area contributed by atoms with E-state index >= 15 is 0 Å². The molecule has 0 radical (unpaired) electrons. The largest absolute Gasteiger partial charge is 0.461 e. The summed E-state index contributed by atoms with van der Waals surface area (Å²) in [6, 6.07) is 13.3. The molecule has 0 amide bonds. The average Bonchev–Trinajstić information content (AvgIpc) is 3.51. The predicted molar refractivity (Wildman–Crippen MR) is 152 cm³/mol. The fraction of sp³-hybridized carbons (Fsp3) is 0.548. The van der Waals surface area contributed by atoms with Crippen LogP contribution in [0.4, 0.5) is 10.2 Å². The summed E-state index contributed by atoms with van der Waals surface area (Å²) in [7, 11) is 0. The van der Waals surface area contributed by atoms with E-state index in [1.165, 1.54) is 29.5 Å². The Hall–Kier alpha value is -3.35. The van der Waals surface area contributed by atoms with Gasteiger partial charge in [-0.3, -0.25) is 4.90 Å². The van der Waals surface area contributed by atoms with Gasteiger partial charge in [-0.25, -0.2) is 9.37 Å². The van der Waals surface area contributed by atoms with Crippen LogP contribution in [-0.4, -0.2) is 76.9 Å². The van der Waals surface area contributed by atoms with Crippen LogP contribution in [0.5, 0.6) is 6.01 Å². The number of nitrogens with zero attached hydrogens (tertiary/aromatic N) is 6. The number of aromatic nitrogens is 3. The number of halogens is 1. The van der Waals surface area contributed by atoms with E-state index in [-0.39, 0.29) is 17.6 Å². The number of rotatable bonds is 6. The Morgan fingerprint density at radius 1 is 1.10 bits per heavy atom. The average molecular weight is 542 g/mol. The summed E-state index contributed by atoms with van der Waals surface area (Å²) in [5.74, 6) is 0.756. The Bertz CT molecular complexity index is 1460. The van der Waals surface area contributed by atoms with Crippen LogP contribution in [-0.2, 0) is 12.8 Å². The third-order valence-electron chi connectivity index (χ3n) is 9.37. The van der Waals surface area contributed by atoms with Crippen LogP contribution in [0.1, 0.15) is 49.7 Å². The van der Waals surface area contributed by atoms with Crippen LogP contribution in [0.15, 0.2) is 30.3 Å². The Morgan fingerprint density at radius 2 is 2.02 bits per heavy atom. The number of nitrogens with one attached hydrogen (secondary N) is 1. The molecule has 4 aliphatic rings. The quantitative estimate of drug-likeness (QED) is 0.496. The molecule has 9 heteroatoms.